The van der Waals surface area contributed by atoms with Crippen molar-refractivity contribution in [2.75, 3.05) is 6.54 Å². The summed E-state index contributed by atoms with van der Waals surface area (Å²) in [6, 6.07) is 9.20. The van der Waals surface area contributed by atoms with Crippen LogP contribution in [-0.2, 0) is 29.6 Å². The van der Waals surface area contributed by atoms with E-state index >= 15 is 0 Å². The van der Waals surface area contributed by atoms with Gasteiger partial charge in [-0.15, -0.1) is 0 Å². The molecule has 0 aliphatic heterocycles. The average Bonchev–Trinajstić information content (AvgIpc) is 2.70. The van der Waals surface area contributed by atoms with Crippen LogP contribution in [0.25, 0.3) is 0 Å². The van der Waals surface area contributed by atoms with Crippen LogP contribution in [0.2, 0.25) is 0 Å². The number of aliphatic hydroxyl groups excluding tert-OH is 1. The van der Waals surface area contributed by atoms with Crippen LogP contribution in [0.3, 0.4) is 0 Å². The van der Waals surface area contributed by atoms with Gasteiger partial charge < -0.3 is 15.7 Å². The van der Waals surface area contributed by atoms with E-state index < -0.39 is 23.8 Å². The summed E-state index contributed by atoms with van der Waals surface area (Å²) in [5.41, 5.74) is 3.96. The second-order valence-corrected chi connectivity index (χ2v) is 8.77. The third-order valence-corrected chi connectivity index (χ3v) is 6.23. The van der Waals surface area contributed by atoms with Crippen molar-refractivity contribution in [3.63, 3.8) is 0 Å². The molecule has 2 aromatic rings. The number of carbonyl (C=O) groups is 1. The van der Waals surface area contributed by atoms with E-state index in [0.717, 1.165) is 31.7 Å². The lowest BCUT2D eigenvalue weighted by molar-refractivity contribution is -0.120. The first-order valence-corrected chi connectivity index (χ1v) is 11.0. The second-order valence-electron chi connectivity index (χ2n) is 8.77. The zero-order chi connectivity index (χ0) is 22.6. The largest absolute Gasteiger partial charge is 0.390 e. The number of fused-ring (bicyclic) bond motifs is 1. The molecule has 3 rings (SSSR count). The molecule has 31 heavy (non-hydrogen) atoms. The minimum Gasteiger partial charge on any atom is -0.390 e. The number of aryl methyl sites for hydroxylation is 2. The molecule has 1 aliphatic carbocycles. The number of rotatable bonds is 8. The molecule has 0 saturated carbocycles. The third kappa shape index (κ3) is 5.89. The number of nitrogens with one attached hydrogen (secondary N) is 2. The minimum absolute atomic E-state index is 0.129. The minimum atomic E-state index is -0.924. The predicted molar refractivity (Wildman–Crippen MR) is 118 cm³/mol. The van der Waals surface area contributed by atoms with Crippen molar-refractivity contribution in [2.45, 2.75) is 70.6 Å². The first-order chi connectivity index (χ1) is 14.7. The Labute approximate surface area is 183 Å². The highest BCUT2D eigenvalue weighted by atomic mass is 19.1. The lowest BCUT2D eigenvalue weighted by atomic mass is 9.76. The van der Waals surface area contributed by atoms with E-state index in [1.54, 1.807) is 0 Å². The molecule has 0 bridgehead atoms. The smallest absolute Gasteiger partial charge is 0.217 e. The number of carbonyl (C=O) groups excluding carboxylic acids is 1. The van der Waals surface area contributed by atoms with Crippen LogP contribution in [0.4, 0.5) is 8.78 Å². The second kappa shape index (κ2) is 9.88. The normalized spacial score (nSPS) is 20.1. The number of hydrogen-bond acceptors (Lipinski definition) is 3. The maximum Gasteiger partial charge on any atom is 0.217 e. The third-order valence-electron chi connectivity index (χ3n) is 6.23. The molecule has 3 N–H and O–H groups in total. The molecule has 0 saturated heterocycles. The molecule has 0 aromatic heterocycles. The Morgan fingerprint density at radius 2 is 1.87 bits per heavy atom. The summed E-state index contributed by atoms with van der Waals surface area (Å²) in [5.74, 6) is -1.66. The lowest BCUT2D eigenvalue weighted by Gasteiger charge is -2.39. The highest BCUT2D eigenvalue weighted by Gasteiger charge is 2.33. The molecular formula is C25H32F2N2O2. The van der Waals surface area contributed by atoms with Gasteiger partial charge in [0.05, 0.1) is 12.1 Å². The van der Waals surface area contributed by atoms with Crippen molar-refractivity contribution in [3.8, 4) is 0 Å². The molecule has 1 aliphatic rings. The molecule has 4 nitrogen and oxygen atoms in total. The van der Waals surface area contributed by atoms with Gasteiger partial charge in [0.15, 0.2) is 0 Å². The van der Waals surface area contributed by atoms with Crippen molar-refractivity contribution >= 4 is 5.91 Å². The fourth-order valence-electron chi connectivity index (χ4n) is 4.53. The number of benzene rings is 2. The Balaban J connectivity index is 1.75. The van der Waals surface area contributed by atoms with Gasteiger partial charge in [-0.2, -0.15) is 0 Å². The van der Waals surface area contributed by atoms with Crippen LogP contribution < -0.4 is 10.6 Å². The molecular weight excluding hydrogens is 398 g/mol. The summed E-state index contributed by atoms with van der Waals surface area (Å²) in [5, 5.41) is 17.1. The van der Waals surface area contributed by atoms with Crippen LogP contribution in [0.1, 0.15) is 55.9 Å². The standard InChI is InChI=1S/C25H32F2N2O2/c1-4-17-7-8-19-6-5-9-25(3,22(19)12-17)28-15-24(31)23(29-16(2)30)13-18-10-20(26)14-21(27)11-18/h7-8,10-12,14,23-24,28,31H,4-6,9,13,15H2,1-3H3,(H,29,30). The van der Waals surface area contributed by atoms with Gasteiger partial charge in [-0.3, -0.25) is 4.79 Å². The van der Waals surface area contributed by atoms with Crippen molar-refractivity contribution in [2.24, 2.45) is 0 Å². The highest BCUT2D eigenvalue weighted by Crippen LogP contribution is 2.35. The molecule has 3 atom stereocenters. The topological polar surface area (TPSA) is 61.4 Å². The van der Waals surface area contributed by atoms with Gasteiger partial charge in [0.2, 0.25) is 5.91 Å². The monoisotopic (exact) mass is 430 g/mol. The van der Waals surface area contributed by atoms with E-state index in [9.17, 15) is 18.7 Å². The van der Waals surface area contributed by atoms with E-state index in [4.69, 9.17) is 0 Å². The van der Waals surface area contributed by atoms with Crippen LogP contribution >= 0.6 is 0 Å². The van der Waals surface area contributed by atoms with Crippen molar-refractivity contribution < 1.29 is 18.7 Å². The fraction of sp³-hybridized carbons (Fsp3) is 0.480. The van der Waals surface area contributed by atoms with E-state index in [1.807, 2.05) is 0 Å². The summed E-state index contributed by atoms with van der Waals surface area (Å²) in [7, 11) is 0. The number of hydrogen-bond donors (Lipinski definition) is 3. The zero-order valence-corrected chi connectivity index (χ0v) is 18.5. The van der Waals surface area contributed by atoms with Crippen molar-refractivity contribution in [1.29, 1.82) is 0 Å². The Morgan fingerprint density at radius 3 is 2.52 bits per heavy atom. The molecule has 0 fully saturated rings. The SMILES string of the molecule is CCc1ccc2c(c1)C(C)(NCC(O)C(Cc1cc(F)cc(F)c1)NC(C)=O)CCC2. The Morgan fingerprint density at radius 1 is 1.16 bits per heavy atom. The van der Waals surface area contributed by atoms with Crippen LogP contribution in [0.15, 0.2) is 36.4 Å². The zero-order valence-electron chi connectivity index (χ0n) is 18.5. The average molecular weight is 431 g/mol. The van der Waals surface area contributed by atoms with E-state index in [1.165, 1.54) is 35.7 Å². The quantitative estimate of drug-likeness (QED) is 0.597. The van der Waals surface area contributed by atoms with Crippen LogP contribution in [-0.4, -0.2) is 29.7 Å². The highest BCUT2D eigenvalue weighted by molar-refractivity contribution is 5.73. The van der Waals surface area contributed by atoms with Crippen molar-refractivity contribution in [3.05, 3.63) is 70.3 Å². The van der Waals surface area contributed by atoms with Gasteiger partial charge in [-0.05, 0) is 73.4 Å². The molecule has 3 unspecified atom stereocenters. The fourth-order valence-corrected chi connectivity index (χ4v) is 4.53. The van der Waals surface area contributed by atoms with Gasteiger partial charge in [0.1, 0.15) is 11.6 Å². The molecule has 0 spiro atoms. The summed E-state index contributed by atoms with van der Waals surface area (Å²) < 4.78 is 27.2. The number of aliphatic hydroxyl groups is 1. The molecule has 0 heterocycles. The van der Waals surface area contributed by atoms with E-state index in [0.29, 0.717) is 5.56 Å². The van der Waals surface area contributed by atoms with E-state index in [-0.39, 0.29) is 24.4 Å². The molecule has 0 radical (unpaired) electrons. The predicted octanol–water partition coefficient (Wildman–Crippen LogP) is 3.78. The Bertz CT molecular complexity index is 913. The molecule has 2 aromatic carbocycles. The van der Waals surface area contributed by atoms with Crippen LogP contribution in [0, 0.1) is 11.6 Å². The van der Waals surface area contributed by atoms with Gasteiger partial charge >= 0.3 is 0 Å². The summed E-state index contributed by atoms with van der Waals surface area (Å²) in [6.07, 6.45) is 3.20. The van der Waals surface area contributed by atoms with Gasteiger partial charge in [-0.25, -0.2) is 8.78 Å². The summed E-state index contributed by atoms with van der Waals surface area (Å²) in [4.78, 5) is 11.7. The first-order valence-electron chi connectivity index (χ1n) is 11.0. The van der Waals surface area contributed by atoms with Gasteiger partial charge in [0, 0.05) is 25.1 Å². The maximum atomic E-state index is 13.6. The summed E-state index contributed by atoms with van der Waals surface area (Å²) >= 11 is 0. The Kier molecular flexibility index (Phi) is 7.44. The molecule has 1 amide bonds. The van der Waals surface area contributed by atoms with Gasteiger partial charge in [-0.1, -0.05) is 25.1 Å². The first kappa shape index (κ1) is 23.4. The number of halogens is 2. The van der Waals surface area contributed by atoms with Gasteiger partial charge in [0.25, 0.3) is 0 Å². The van der Waals surface area contributed by atoms with Crippen LogP contribution in [0.5, 0.6) is 0 Å². The number of amides is 1. The summed E-state index contributed by atoms with van der Waals surface area (Å²) in [6.45, 7) is 5.89. The maximum absolute atomic E-state index is 13.6. The van der Waals surface area contributed by atoms with E-state index in [2.05, 4.69) is 42.7 Å². The molecule has 168 valence electrons. The lowest BCUT2D eigenvalue weighted by Crippen LogP contribution is -2.52. The molecule has 6 heteroatoms. The van der Waals surface area contributed by atoms with Crippen molar-refractivity contribution in [1.82, 2.24) is 10.6 Å². The Hall–Kier alpha value is -2.31.